The summed E-state index contributed by atoms with van der Waals surface area (Å²) in [6, 6.07) is 16.6. The molecule has 3 aromatic rings. The van der Waals surface area contributed by atoms with Gasteiger partial charge in [-0.15, -0.1) is 11.3 Å². The molecule has 0 spiro atoms. The Morgan fingerprint density at radius 3 is 2.90 bits per heavy atom. The fourth-order valence-electron chi connectivity index (χ4n) is 4.26. The predicted octanol–water partition coefficient (Wildman–Crippen LogP) is 5.06. The van der Waals surface area contributed by atoms with Gasteiger partial charge in [-0.05, 0) is 60.5 Å². The summed E-state index contributed by atoms with van der Waals surface area (Å²) in [5, 5.41) is 10.8. The molecule has 1 saturated heterocycles. The molecule has 1 aliphatic rings. The molecule has 1 amide bonds. The van der Waals surface area contributed by atoms with Crippen LogP contribution in [0.2, 0.25) is 5.02 Å². The number of rotatable bonds is 5. The molecule has 5 nitrogen and oxygen atoms in total. The summed E-state index contributed by atoms with van der Waals surface area (Å²) >= 11 is 7.50. The number of likely N-dealkylation sites (tertiary alicyclic amines) is 1. The minimum Gasteiger partial charge on any atom is -0.469 e. The van der Waals surface area contributed by atoms with Crippen LogP contribution in [0.1, 0.15) is 33.6 Å². The van der Waals surface area contributed by atoms with Gasteiger partial charge in [0.05, 0.1) is 29.5 Å². The van der Waals surface area contributed by atoms with Crippen molar-refractivity contribution in [3.8, 4) is 6.07 Å². The highest BCUT2D eigenvalue weighted by atomic mass is 35.5. The van der Waals surface area contributed by atoms with Crippen molar-refractivity contribution in [2.24, 2.45) is 5.92 Å². The highest BCUT2D eigenvalue weighted by Gasteiger charge is 2.39. The van der Waals surface area contributed by atoms with Gasteiger partial charge in [0.25, 0.3) is 5.91 Å². The minimum absolute atomic E-state index is 0.0699. The van der Waals surface area contributed by atoms with E-state index in [-0.39, 0.29) is 17.9 Å². The third-order valence-corrected chi connectivity index (χ3v) is 7.05. The summed E-state index contributed by atoms with van der Waals surface area (Å²) < 4.78 is 6.06. The van der Waals surface area contributed by atoms with Crippen LogP contribution in [0, 0.1) is 17.2 Å². The number of methoxy groups -OCH3 is 1. The van der Waals surface area contributed by atoms with Gasteiger partial charge in [-0.1, -0.05) is 29.8 Å². The van der Waals surface area contributed by atoms with Gasteiger partial charge in [0.1, 0.15) is 0 Å². The number of esters is 1. The number of amides is 1. The van der Waals surface area contributed by atoms with Crippen molar-refractivity contribution in [2.45, 2.75) is 25.3 Å². The van der Waals surface area contributed by atoms with E-state index in [1.807, 2.05) is 41.3 Å². The molecular formula is C24H21ClN2O3S. The molecule has 2 heterocycles. The first-order valence-corrected chi connectivity index (χ1v) is 11.3. The number of halogens is 1. The van der Waals surface area contributed by atoms with E-state index in [9.17, 15) is 14.9 Å². The second kappa shape index (κ2) is 9.09. The van der Waals surface area contributed by atoms with Crippen molar-refractivity contribution in [1.82, 2.24) is 4.90 Å². The van der Waals surface area contributed by atoms with Crippen LogP contribution in [0.3, 0.4) is 0 Å². The van der Waals surface area contributed by atoms with Crippen molar-refractivity contribution < 1.29 is 14.3 Å². The van der Waals surface area contributed by atoms with E-state index in [1.165, 1.54) is 18.4 Å². The number of hydrogen-bond acceptors (Lipinski definition) is 5. The summed E-state index contributed by atoms with van der Waals surface area (Å²) in [5.41, 5.74) is 1.43. The summed E-state index contributed by atoms with van der Waals surface area (Å²) in [5.74, 6) is -0.899. The van der Waals surface area contributed by atoms with Crippen LogP contribution >= 0.6 is 22.9 Å². The lowest BCUT2D eigenvalue weighted by molar-refractivity contribution is -0.147. The molecule has 1 fully saturated rings. The number of nitrogens with zero attached hydrogens (tertiary/aromatic N) is 2. The standard InChI is InChI=1S/C24H21ClN2O3S/c1-30-24(29)19(11-15-4-2-5-16(10-15)14-26)20-6-3-9-27(20)23(28)22-12-17-7-8-18(25)13-21(17)31-22/h2,4-5,7-8,10,12-13,19-20H,3,6,9,11H2,1H3. The molecule has 4 rings (SSSR count). The van der Waals surface area contributed by atoms with Crippen LogP contribution in [0.15, 0.2) is 48.5 Å². The van der Waals surface area contributed by atoms with Gasteiger partial charge < -0.3 is 9.64 Å². The zero-order valence-electron chi connectivity index (χ0n) is 17.0. The number of hydrogen-bond donors (Lipinski definition) is 0. The first-order chi connectivity index (χ1) is 15.0. The first kappa shape index (κ1) is 21.4. The van der Waals surface area contributed by atoms with Gasteiger partial charge in [-0.2, -0.15) is 5.26 Å². The number of fused-ring (bicyclic) bond motifs is 1. The van der Waals surface area contributed by atoms with E-state index in [1.54, 1.807) is 12.1 Å². The Bertz CT molecular complexity index is 1180. The van der Waals surface area contributed by atoms with Crippen LogP contribution < -0.4 is 0 Å². The van der Waals surface area contributed by atoms with E-state index in [0.717, 1.165) is 28.5 Å². The maximum absolute atomic E-state index is 13.4. The third-order valence-electron chi connectivity index (χ3n) is 5.73. The maximum atomic E-state index is 13.4. The third kappa shape index (κ3) is 4.43. The minimum atomic E-state index is -0.491. The molecule has 0 radical (unpaired) electrons. The lowest BCUT2D eigenvalue weighted by Gasteiger charge is -2.30. The van der Waals surface area contributed by atoms with Crippen LogP contribution in [0.25, 0.3) is 10.1 Å². The van der Waals surface area contributed by atoms with Crippen LogP contribution in [-0.4, -0.2) is 36.5 Å². The highest BCUT2D eigenvalue weighted by Crippen LogP contribution is 2.33. The van der Waals surface area contributed by atoms with E-state index < -0.39 is 5.92 Å². The molecule has 1 aliphatic heterocycles. The normalized spacial score (nSPS) is 16.8. The van der Waals surface area contributed by atoms with E-state index in [2.05, 4.69) is 6.07 Å². The quantitative estimate of drug-likeness (QED) is 0.507. The molecule has 0 bridgehead atoms. The Balaban J connectivity index is 1.62. The van der Waals surface area contributed by atoms with Gasteiger partial charge in [0.15, 0.2) is 0 Å². The van der Waals surface area contributed by atoms with E-state index in [4.69, 9.17) is 16.3 Å². The summed E-state index contributed by atoms with van der Waals surface area (Å²) in [7, 11) is 1.37. The summed E-state index contributed by atoms with van der Waals surface area (Å²) in [6.45, 7) is 0.601. The van der Waals surface area contributed by atoms with Crippen LogP contribution in [0.4, 0.5) is 0 Å². The fourth-order valence-corrected chi connectivity index (χ4v) is 5.56. The number of thiophene rings is 1. The van der Waals surface area contributed by atoms with Gasteiger partial charge in [0, 0.05) is 22.3 Å². The number of carbonyl (C=O) groups excluding carboxylic acids is 2. The van der Waals surface area contributed by atoms with E-state index in [0.29, 0.717) is 28.4 Å². The summed E-state index contributed by atoms with van der Waals surface area (Å²) in [4.78, 5) is 28.5. The topological polar surface area (TPSA) is 70.4 Å². The lowest BCUT2D eigenvalue weighted by atomic mass is 9.90. The molecule has 2 aromatic carbocycles. The van der Waals surface area contributed by atoms with E-state index >= 15 is 0 Å². The second-order valence-electron chi connectivity index (χ2n) is 7.65. The number of nitriles is 1. The molecule has 158 valence electrons. The average molecular weight is 453 g/mol. The van der Waals surface area contributed by atoms with Crippen LogP contribution in [-0.2, 0) is 16.0 Å². The van der Waals surface area contributed by atoms with Crippen LogP contribution in [0.5, 0.6) is 0 Å². The Morgan fingerprint density at radius 1 is 1.29 bits per heavy atom. The van der Waals surface area contributed by atoms with Gasteiger partial charge in [-0.25, -0.2) is 0 Å². The van der Waals surface area contributed by atoms with Crippen molar-refractivity contribution in [3.05, 3.63) is 69.6 Å². The first-order valence-electron chi connectivity index (χ1n) is 10.1. The van der Waals surface area contributed by atoms with Gasteiger partial charge in [0.2, 0.25) is 0 Å². The molecule has 0 N–H and O–H groups in total. The number of ether oxygens (including phenoxy) is 1. The van der Waals surface area contributed by atoms with Crippen molar-refractivity contribution in [1.29, 1.82) is 5.26 Å². The number of carbonyl (C=O) groups is 2. The highest BCUT2D eigenvalue weighted by molar-refractivity contribution is 7.20. The second-order valence-corrected chi connectivity index (χ2v) is 9.17. The molecule has 1 aromatic heterocycles. The van der Waals surface area contributed by atoms with Gasteiger partial charge in [-0.3, -0.25) is 9.59 Å². The monoisotopic (exact) mass is 452 g/mol. The molecule has 7 heteroatoms. The fraction of sp³-hybridized carbons (Fsp3) is 0.292. The largest absolute Gasteiger partial charge is 0.469 e. The maximum Gasteiger partial charge on any atom is 0.311 e. The molecule has 0 aliphatic carbocycles. The molecule has 31 heavy (non-hydrogen) atoms. The molecule has 2 atom stereocenters. The van der Waals surface area contributed by atoms with Crippen molar-refractivity contribution in [2.75, 3.05) is 13.7 Å². The molecular weight excluding hydrogens is 432 g/mol. The Morgan fingerprint density at radius 2 is 2.13 bits per heavy atom. The van der Waals surface area contributed by atoms with Crippen molar-refractivity contribution >= 4 is 44.9 Å². The smallest absolute Gasteiger partial charge is 0.311 e. The Hall–Kier alpha value is -2.88. The average Bonchev–Trinajstić information content (AvgIpc) is 3.43. The summed E-state index contributed by atoms with van der Waals surface area (Å²) in [6.07, 6.45) is 1.98. The van der Waals surface area contributed by atoms with Crippen molar-refractivity contribution in [3.63, 3.8) is 0 Å². The number of benzene rings is 2. The Labute approximate surface area is 189 Å². The lowest BCUT2D eigenvalue weighted by Crippen LogP contribution is -2.44. The van der Waals surface area contributed by atoms with Gasteiger partial charge >= 0.3 is 5.97 Å². The Kier molecular flexibility index (Phi) is 6.26. The zero-order chi connectivity index (χ0) is 22.0. The molecule has 2 unspecified atom stereocenters. The SMILES string of the molecule is COC(=O)C(Cc1cccc(C#N)c1)C1CCCN1C(=O)c1cc2ccc(Cl)cc2s1. The predicted molar refractivity (Wildman–Crippen MR) is 121 cm³/mol. The molecule has 0 saturated carbocycles. The zero-order valence-corrected chi connectivity index (χ0v) is 18.6.